The van der Waals surface area contributed by atoms with Crippen molar-refractivity contribution in [2.75, 3.05) is 0 Å². The number of aryl methyl sites for hydroxylation is 1. The number of hydrogen-bond acceptors (Lipinski definition) is 4. The molecule has 0 aliphatic heterocycles. The Kier molecular flexibility index (Phi) is 4.52. The first-order valence-corrected chi connectivity index (χ1v) is 6.53. The summed E-state index contributed by atoms with van der Waals surface area (Å²) in [6.07, 6.45) is 0.721. The number of nitrogens with zero attached hydrogens (tertiary/aromatic N) is 2. The van der Waals surface area contributed by atoms with Crippen LogP contribution in [0.1, 0.15) is 23.6 Å². The van der Waals surface area contributed by atoms with Gasteiger partial charge in [-0.15, -0.1) is 0 Å². The van der Waals surface area contributed by atoms with Gasteiger partial charge in [0.25, 0.3) is 0 Å². The van der Waals surface area contributed by atoms with E-state index < -0.39 is 4.92 Å². The van der Waals surface area contributed by atoms with E-state index in [1.807, 2.05) is 6.92 Å². The van der Waals surface area contributed by atoms with Crippen molar-refractivity contribution in [2.45, 2.75) is 20.0 Å². The summed E-state index contributed by atoms with van der Waals surface area (Å²) in [6, 6.07) is 14.0. The van der Waals surface area contributed by atoms with Crippen LogP contribution in [0.2, 0.25) is 0 Å². The van der Waals surface area contributed by atoms with E-state index >= 15 is 0 Å². The number of nitro groups is 1. The highest BCUT2D eigenvalue weighted by atomic mass is 16.6. The Hall–Kier alpha value is -2.87. The van der Waals surface area contributed by atoms with Gasteiger partial charge in [-0.2, -0.15) is 5.26 Å². The van der Waals surface area contributed by atoms with Gasteiger partial charge in [0.05, 0.1) is 16.6 Å². The summed E-state index contributed by atoms with van der Waals surface area (Å²) in [7, 11) is 0. The smallest absolute Gasteiger partial charge is 0.311 e. The zero-order chi connectivity index (χ0) is 15.2. The maximum absolute atomic E-state index is 11.1. The minimum absolute atomic E-state index is 0.0520. The fourth-order valence-corrected chi connectivity index (χ4v) is 1.96. The number of rotatable bonds is 5. The van der Waals surface area contributed by atoms with E-state index in [-0.39, 0.29) is 18.0 Å². The second-order valence-electron chi connectivity index (χ2n) is 4.47. The molecule has 0 N–H and O–H groups in total. The van der Waals surface area contributed by atoms with E-state index in [1.165, 1.54) is 6.07 Å². The number of hydrogen-bond donors (Lipinski definition) is 0. The number of nitriles is 1. The Morgan fingerprint density at radius 2 is 2.05 bits per heavy atom. The third-order valence-electron chi connectivity index (χ3n) is 3.15. The highest BCUT2D eigenvalue weighted by Gasteiger charge is 2.16. The molecule has 0 saturated heterocycles. The van der Waals surface area contributed by atoms with E-state index in [2.05, 4.69) is 6.07 Å². The lowest BCUT2D eigenvalue weighted by Gasteiger charge is -2.09. The highest BCUT2D eigenvalue weighted by Crippen LogP contribution is 2.29. The zero-order valence-corrected chi connectivity index (χ0v) is 11.6. The molecule has 5 nitrogen and oxygen atoms in total. The van der Waals surface area contributed by atoms with E-state index in [4.69, 9.17) is 10.00 Å². The predicted molar refractivity (Wildman–Crippen MR) is 78.0 cm³/mol. The van der Waals surface area contributed by atoms with Crippen molar-refractivity contribution in [1.82, 2.24) is 0 Å². The van der Waals surface area contributed by atoms with Crippen molar-refractivity contribution in [3.63, 3.8) is 0 Å². The molecule has 5 heteroatoms. The molecule has 0 fully saturated rings. The molecule has 21 heavy (non-hydrogen) atoms. The fourth-order valence-electron chi connectivity index (χ4n) is 1.96. The molecule has 0 aliphatic rings. The average molecular weight is 282 g/mol. The SMILES string of the molecule is CCc1ccc(OCc2ccccc2C#N)c([N+](=O)[O-])c1. The highest BCUT2D eigenvalue weighted by molar-refractivity contribution is 5.49. The summed E-state index contributed by atoms with van der Waals surface area (Å²) in [5, 5.41) is 20.1. The molecule has 0 unspecified atom stereocenters. The zero-order valence-electron chi connectivity index (χ0n) is 11.6. The van der Waals surface area contributed by atoms with Crippen LogP contribution in [0.5, 0.6) is 5.75 Å². The molecule has 0 aromatic heterocycles. The standard InChI is InChI=1S/C16H14N2O3/c1-2-12-7-8-16(15(9-12)18(19)20)21-11-14-6-4-3-5-13(14)10-17/h3-9H,2,11H2,1H3. The quantitative estimate of drug-likeness (QED) is 0.620. The third-order valence-corrected chi connectivity index (χ3v) is 3.15. The van der Waals surface area contributed by atoms with E-state index in [0.717, 1.165) is 12.0 Å². The molecule has 2 rings (SSSR count). The first-order chi connectivity index (χ1) is 10.2. The van der Waals surface area contributed by atoms with Crippen LogP contribution in [0.3, 0.4) is 0 Å². The first-order valence-electron chi connectivity index (χ1n) is 6.53. The Bertz CT molecular complexity index is 705. The van der Waals surface area contributed by atoms with Gasteiger partial charge in [0, 0.05) is 11.6 Å². The summed E-state index contributed by atoms with van der Waals surface area (Å²) in [5.74, 6) is 0.213. The lowest BCUT2D eigenvalue weighted by Crippen LogP contribution is -2.01. The molecule has 0 spiro atoms. The number of nitro benzene ring substituents is 1. The molecular weight excluding hydrogens is 268 g/mol. The summed E-state index contributed by atoms with van der Waals surface area (Å²) in [6.45, 7) is 2.05. The van der Waals surface area contributed by atoms with E-state index in [1.54, 1.807) is 36.4 Å². The fraction of sp³-hybridized carbons (Fsp3) is 0.188. The lowest BCUT2D eigenvalue weighted by atomic mass is 10.1. The molecule has 106 valence electrons. The summed E-state index contributed by atoms with van der Waals surface area (Å²) in [5.41, 5.74) is 2.04. The van der Waals surface area contributed by atoms with Crippen LogP contribution in [0, 0.1) is 21.4 Å². The maximum Gasteiger partial charge on any atom is 0.311 e. The monoisotopic (exact) mass is 282 g/mol. The molecule has 0 aliphatic carbocycles. The van der Waals surface area contributed by atoms with Crippen molar-refractivity contribution < 1.29 is 9.66 Å². The van der Waals surface area contributed by atoms with Crippen molar-refractivity contribution in [2.24, 2.45) is 0 Å². The second kappa shape index (κ2) is 6.53. The minimum atomic E-state index is -0.454. The average Bonchev–Trinajstić information content (AvgIpc) is 2.52. The van der Waals surface area contributed by atoms with Gasteiger partial charge in [0.1, 0.15) is 6.61 Å². The number of benzene rings is 2. The summed E-state index contributed by atoms with van der Waals surface area (Å²) < 4.78 is 5.53. The Balaban J connectivity index is 2.24. The van der Waals surface area contributed by atoms with Crippen molar-refractivity contribution in [3.05, 3.63) is 69.3 Å². The van der Waals surface area contributed by atoms with Gasteiger partial charge in [-0.05, 0) is 24.1 Å². The normalized spacial score (nSPS) is 9.90. The third kappa shape index (κ3) is 3.37. The van der Waals surface area contributed by atoms with Crippen LogP contribution < -0.4 is 4.74 Å². The van der Waals surface area contributed by atoms with Crippen LogP contribution in [-0.4, -0.2) is 4.92 Å². The topological polar surface area (TPSA) is 76.2 Å². The van der Waals surface area contributed by atoms with Gasteiger partial charge < -0.3 is 4.74 Å². The molecule has 2 aromatic rings. The van der Waals surface area contributed by atoms with Crippen LogP contribution in [0.4, 0.5) is 5.69 Å². The van der Waals surface area contributed by atoms with Gasteiger partial charge in [0.2, 0.25) is 0 Å². The first kappa shape index (κ1) is 14.5. The molecule has 0 amide bonds. The second-order valence-corrected chi connectivity index (χ2v) is 4.47. The van der Waals surface area contributed by atoms with Crippen molar-refractivity contribution >= 4 is 5.69 Å². The molecule has 2 aromatic carbocycles. The van der Waals surface area contributed by atoms with Gasteiger partial charge >= 0.3 is 5.69 Å². The Labute approximate surface area is 122 Å². The predicted octanol–water partition coefficient (Wildman–Crippen LogP) is 3.61. The van der Waals surface area contributed by atoms with Crippen molar-refractivity contribution in [3.8, 4) is 11.8 Å². The van der Waals surface area contributed by atoms with Crippen LogP contribution in [-0.2, 0) is 13.0 Å². The van der Waals surface area contributed by atoms with Gasteiger partial charge in [-0.25, -0.2) is 0 Å². The van der Waals surface area contributed by atoms with Crippen LogP contribution >= 0.6 is 0 Å². The molecule has 0 bridgehead atoms. The number of ether oxygens (including phenoxy) is 1. The van der Waals surface area contributed by atoms with Gasteiger partial charge in [-0.3, -0.25) is 10.1 Å². The van der Waals surface area contributed by atoms with Crippen LogP contribution in [0.15, 0.2) is 42.5 Å². The lowest BCUT2D eigenvalue weighted by molar-refractivity contribution is -0.386. The summed E-state index contributed by atoms with van der Waals surface area (Å²) >= 11 is 0. The minimum Gasteiger partial charge on any atom is -0.482 e. The van der Waals surface area contributed by atoms with Gasteiger partial charge in [0.15, 0.2) is 5.75 Å². The van der Waals surface area contributed by atoms with E-state index in [0.29, 0.717) is 11.1 Å². The summed E-state index contributed by atoms with van der Waals surface area (Å²) in [4.78, 5) is 10.6. The van der Waals surface area contributed by atoms with Crippen LogP contribution in [0.25, 0.3) is 0 Å². The molecule has 0 radical (unpaired) electrons. The maximum atomic E-state index is 11.1. The molecule has 0 heterocycles. The Morgan fingerprint density at radius 1 is 1.29 bits per heavy atom. The molecular formula is C16H14N2O3. The van der Waals surface area contributed by atoms with Gasteiger partial charge in [-0.1, -0.05) is 31.2 Å². The molecule has 0 atom stereocenters. The van der Waals surface area contributed by atoms with Crippen molar-refractivity contribution in [1.29, 1.82) is 5.26 Å². The molecule has 0 saturated carbocycles. The Morgan fingerprint density at radius 3 is 2.71 bits per heavy atom. The van der Waals surface area contributed by atoms with E-state index in [9.17, 15) is 10.1 Å². The largest absolute Gasteiger partial charge is 0.482 e.